The molecule has 0 radical (unpaired) electrons. The quantitative estimate of drug-likeness (QED) is 0.436. The van der Waals surface area contributed by atoms with Crippen LogP contribution in [-0.2, 0) is 0 Å². The first kappa shape index (κ1) is 9.29. The lowest BCUT2D eigenvalue weighted by molar-refractivity contribution is 0.242. The maximum absolute atomic E-state index is 5.01. The van der Waals surface area contributed by atoms with Crippen molar-refractivity contribution in [2.45, 2.75) is 25.9 Å². The molecule has 0 amide bonds. The molecule has 1 aliphatic rings. The van der Waals surface area contributed by atoms with Crippen molar-refractivity contribution < 1.29 is 0 Å². The van der Waals surface area contributed by atoms with Crippen LogP contribution in [0.25, 0.3) is 0 Å². The van der Waals surface area contributed by atoms with E-state index in [1.54, 1.807) is 0 Å². The fraction of sp³-hybridized carbons (Fsp3) is 0.857. The van der Waals surface area contributed by atoms with Gasteiger partial charge in [-0.3, -0.25) is 0 Å². The van der Waals surface area contributed by atoms with Gasteiger partial charge in [-0.05, 0) is 13.8 Å². The molecule has 0 saturated carbocycles. The van der Waals surface area contributed by atoms with E-state index in [2.05, 4.69) is 36.7 Å². The Kier molecular flexibility index (Phi) is 3.16. The van der Waals surface area contributed by atoms with E-state index >= 15 is 0 Å². The lowest BCUT2D eigenvalue weighted by Gasteiger charge is -2.37. The lowest BCUT2D eigenvalue weighted by atomic mass is 10.2. The van der Waals surface area contributed by atoms with E-state index < -0.39 is 0 Å². The highest BCUT2D eigenvalue weighted by Crippen LogP contribution is 2.09. The highest BCUT2D eigenvalue weighted by Gasteiger charge is 2.22. The molecule has 1 aliphatic heterocycles. The second-order valence-electron chi connectivity index (χ2n) is 3.09. The molecule has 0 aromatic heterocycles. The van der Waals surface area contributed by atoms with E-state index in [0.717, 1.165) is 13.1 Å². The third kappa shape index (κ3) is 2.32. The molecule has 0 aromatic carbocycles. The predicted octanol–water partition coefficient (Wildman–Crippen LogP) is 0.883. The summed E-state index contributed by atoms with van der Waals surface area (Å²) in [5, 5.41) is 3.38. The molecule has 1 rings (SSSR count). The van der Waals surface area contributed by atoms with Gasteiger partial charge in [0.05, 0.1) is 0 Å². The first-order chi connectivity index (χ1) is 5.11. The minimum Gasteiger partial charge on any atom is -0.352 e. The second-order valence-corrected chi connectivity index (χ2v) is 4.21. The molecule has 0 bridgehead atoms. The molecule has 1 heterocycles. The van der Waals surface area contributed by atoms with Gasteiger partial charge in [0.25, 0.3) is 0 Å². The van der Waals surface area contributed by atoms with Gasteiger partial charge in [0.15, 0.2) is 0 Å². The highest BCUT2D eigenvalue weighted by atomic mass is 32.1. The molecule has 4 heteroatoms. The highest BCUT2D eigenvalue weighted by molar-refractivity contribution is 8.10. The topological polar surface area (TPSA) is 15.3 Å². The molecule has 1 N–H and O–H groups in total. The first-order valence-corrected chi connectivity index (χ1v) is 4.69. The van der Waals surface area contributed by atoms with Gasteiger partial charge < -0.3 is 10.2 Å². The van der Waals surface area contributed by atoms with Crippen LogP contribution in [0, 0.1) is 0 Å². The Hall–Kier alpha value is 0.200. The van der Waals surface area contributed by atoms with Crippen molar-refractivity contribution in [3.05, 3.63) is 0 Å². The monoisotopic (exact) mass is 190 g/mol. The molecule has 0 spiro atoms. The number of thiocarbonyl (C=S) groups is 1. The zero-order valence-electron chi connectivity index (χ0n) is 6.87. The van der Waals surface area contributed by atoms with Crippen LogP contribution >= 0.6 is 24.8 Å². The van der Waals surface area contributed by atoms with Crippen molar-refractivity contribution in [2.75, 3.05) is 13.1 Å². The van der Waals surface area contributed by atoms with Crippen molar-refractivity contribution in [2.24, 2.45) is 0 Å². The number of piperazine rings is 1. The summed E-state index contributed by atoms with van der Waals surface area (Å²) in [6.45, 7) is 6.29. The van der Waals surface area contributed by atoms with Crippen LogP contribution in [0.15, 0.2) is 0 Å². The molecular formula is C7H14N2S2. The van der Waals surface area contributed by atoms with Gasteiger partial charge in [-0.1, -0.05) is 12.2 Å². The van der Waals surface area contributed by atoms with E-state index in [4.69, 9.17) is 12.2 Å². The van der Waals surface area contributed by atoms with Crippen LogP contribution in [0.4, 0.5) is 0 Å². The van der Waals surface area contributed by atoms with Crippen molar-refractivity contribution in [3.8, 4) is 0 Å². The van der Waals surface area contributed by atoms with Gasteiger partial charge in [-0.2, -0.15) is 0 Å². The van der Waals surface area contributed by atoms with Crippen LogP contribution in [0.1, 0.15) is 13.8 Å². The maximum Gasteiger partial charge on any atom is 0.133 e. The summed E-state index contributed by atoms with van der Waals surface area (Å²) in [6.07, 6.45) is 0. The number of nitrogens with one attached hydrogen (secondary N) is 1. The summed E-state index contributed by atoms with van der Waals surface area (Å²) < 4.78 is 0.714. The number of nitrogens with zero attached hydrogens (tertiary/aromatic N) is 1. The summed E-state index contributed by atoms with van der Waals surface area (Å²) in [4.78, 5) is 2.15. The van der Waals surface area contributed by atoms with Crippen LogP contribution in [0.3, 0.4) is 0 Å². The van der Waals surface area contributed by atoms with Gasteiger partial charge >= 0.3 is 0 Å². The van der Waals surface area contributed by atoms with Gasteiger partial charge in [0.2, 0.25) is 0 Å². The van der Waals surface area contributed by atoms with E-state index in [1.807, 2.05) is 0 Å². The number of hydrogen-bond donors (Lipinski definition) is 2. The molecule has 2 nitrogen and oxygen atoms in total. The summed E-state index contributed by atoms with van der Waals surface area (Å²) in [5.74, 6) is 0. The molecule has 2 unspecified atom stereocenters. The Morgan fingerprint density at radius 3 is 2.73 bits per heavy atom. The average molecular weight is 190 g/mol. The summed E-state index contributed by atoms with van der Waals surface area (Å²) >= 11 is 9.18. The van der Waals surface area contributed by atoms with Crippen LogP contribution in [-0.4, -0.2) is 34.4 Å². The SMILES string of the molecule is CC1CN(C(=S)S)C(C)CN1. The molecule has 2 atom stereocenters. The zero-order valence-corrected chi connectivity index (χ0v) is 8.58. The first-order valence-electron chi connectivity index (χ1n) is 3.84. The fourth-order valence-corrected chi connectivity index (χ4v) is 1.82. The molecule has 11 heavy (non-hydrogen) atoms. The largest absolute Gasteiger partial charge is 0.352 e. The van der Waals surface area contributed by atoms with Gasteiger partial charge in [-0.25, -0.2) is 0 Å². The normalized spacial score (nSPS) is 32.1. The van der Waals surface area contributed by atoms with Crippen molar-refractivity contribution in [1.82, 2.24) is 10.2 Å². The van der Waals surface area contributed by atoms with Crippen LogP contribution < -0.4 is 5.32 Å². The lowest BCUT2D eigenvalue weighted by Crippen LogP contribution is -2.54. The molecule has 1 fully saturated rings. The number of thiol groups is 1. The van der Waals surface area contributed by atoms with Crippen molar-refractivity contribution >= 4 is 29.2 Å². The third-order valence-electron chi connectivity index (χ3n) is 2.01. The number of hydrogen-bond acceptors (Lipinski definition) is 2. The number of rotatable bonds is 0. The predicted molar refractivity (Wildman–Crippen MR) is 55.2 cm³/mol. The Labute approximate surface area is 78.7 Å². The summed E-state index contributed by atoms with van der Waals surface area (Å²) in [6, 6.07) is 1.01. The average Bonchev–Trinajstić information content (AvgIpc) is 1.94. The van der Waals surface area contributed by atoms with E-state index in [9.17, 15) is 0 Å². The van der Waals surface area contributed by atoms with Crippen LogP contribution in [0.5, 0.6) is 0 Å². The Morgan fingerprint density at radius 2 is 2.27 bits per heavy atom. The molecule has 0 aromatic rings. The smallest absolute Gasteiger partial charge is 0.133 e. The van der Waals surface area contributed by atoms with Gasteiger partial charge in [-0.15, -0.1) is 12.6 Å². The van der Waals surface area contributed by atoms with Crippen LogP contribution in [0.2, 0.25) is 0 Å². The molecular weight excluding hydrogens is 176 g/mol. The minimum atomic E-state index is 0.483. The minimum absolute atomic E-state index is 0.483. The van der Waals surface area contributed by atoms with Crippen molar-refractivity contribution in [3.63, 3.8) is 0 Å². The summed E-state index contributed by atoms with van der Waals surface area (Å²) in [5.41, 5.74) is 0. The van der Waals surface area contributed by atoms with Crippen molar-refractivity contribution in [1.29, 1.82) is 0 Å². The Balaban J connectivity index is 2.54. The van der Waals surface area contributed by atoms with Gasteiger partial charge in [0, 0.05) is 25.2 Å². The van der Waals surface area contributed by atoms with E-state index in [1.165, 1.54) is 0 Å². The van der Waals surface area contributed by atoms with E-state index in [-0.39, 0.29) is 0 Å². The second kappa shape index (κ2) is 3.74. The van der Waals surface area contributed by atoms with Gasteiger partial charge in [0.1, 0.15) is 4.32 Å². The molecule has 0 aliphatic carbocycles. The zero-order chi connectivity index (χ0) is 8.43. The Bertz CT molecular complexity index is 161. The third-order valence-corrected chi connectivity index (χ3v) is 2.50. The standard InChI is InChI=1S/C7H14N2S2/c1-5-4-9(7(10)11)6(2)3-8-5/h5-6,8H,3-4H2,1-2H3,(H,10,11). The Morgan fingerprint density at radius 1 is 1.64 bits per heavy atom. The molecule has 64 valence electrons. The maximum atomic E-state index is 5.01. The molecule has 1 saturated heterocycles. The van der Waals surface area contributed by atoms with E-state index in [0.29, 0.717) is 16.4 Å². The summed E-state index contributed by atoms with van der Waals surface area (Å²) in [7, 11) is 0. The fourth-order valence-electron chi connectivity index (χ4n) is 1.29.